The van der Waals surface area contributed by atoms with Gasteiger partial charge in [-0.2, -0.15) is 0 Å². The Labute approximate surface area is 122 Å². The van der Waals surface area contributed by atoms with Crippen LogP contribution in [0.1, 0.15) is 26.3 Å². The van der Waals surface area contributed by atoms with Gasteiger partial charge in [-0.25, -0.2) is 0 Å². The highest BCUT2D eigenvalue weighted by Crippen LogP contribution is 2.36. The Morgan fingerprint density at radius 2 is 1.84 bits per heavy atom. The van der Waals surface area contributed by atoms with Gasteiger partial charge in [0.25, 0.3) is 5.91 Å². The van der Waals surface area contributed by atoms with Crippen LogP contribution in [-0.4, -0.2) is 25.8 Å². The van der Waals surface area contributed by atoms with E-state index in [4.69, 9.17) is 12.2 Å². The van der Waals surface area contributed by atoms with Crippen LogP contribution in [0.5, 0.6) is 5.75 Å². The van der Waals surface area contributed by atoms with E-state index in [1.54, 1.807) is 35.2 Å². The smallest absolute Gasteiger partial charge is 0.266 e. The number of carbonyl (C=O) groups is 1. The Bertz CT molecular complexity index is 556. The third-order valence-corrected chi connectivity index (χ3v) is 3.96. The third-order valence-electron chi connectivity index (χ3n) is 2.66. The lowest BCUT2D eigenvalue weighted by molar-refractivity contribution is -0.125. The van der Waals surface area contributed by atoms with Crippen LogP contribution in [0, 0.1) is 0 Å². The van der Waals surface area contributed by atoms with Gasteiger partial charge in [0, 0.05) is 5.54 Å². The predicted octanol–water partition coefficient (Wildman–Crippen LogP) is 3.39. The van der Waals surface area contributed by atoms with Crippen molar-refractivity contribution in [3.8, 4) is 5.75 Å². The van der Waals surface area contributed by atoms with Crippen molar-refractivity contribution in [2.75, 3.05) is 0 Å². The first-order chi connectivity index (χ1) is 8.79. The zero-order valence-electron chi connectivity index (χ0n) is 11.0. The summed E-state index contributed by atoms with van der Waals surface area (Å²) < 4.78 is 0.586. The van der Waals surface area contributed by atoms with E-state index in [0.717, 1.165) is 5.56 Å². The average molecular weight is 293 g/mol. The summed E-state index contributed by atoms with van der Waals surface area (Å²) in [7, 11) is 0. The Kier molecular flexibility index (Phi) is 3.69. The van der Waals surface area contributed by atoms with Crippen LogP contribution in [0.3, 0.4) is 0 Å². The molecule has 5 heteroatoms. The number of nitrogens with zero attached hydrogens (tertiary/aromatic N) is 1. The number of thiocarbonyl (C=S) groups is 1. The van der Waals surface area contributed by atoms with Crippen LogP contribution >= 0.6 is 24.0 Å². The Morgan fingerprint density at radius 1 is 1.26 bits per heavy atom. The summed E-state index contributed by atoms with van der Waals surface area (Å²) in [5.41, 5.74) is 0.554. The molecule has 0 bridgehead atoms. The summed E-state index contributed by atoms with van der Waals surface area (Å²) in [4.78, 5) is 14.6. The van der Waals surface area contributed by atoms with Gasteiger partial charge in [0.2, 0.25) is 0 Å². The fourth-order valence-corrected chi connectivity index (χ4v) is 3.40. The SMILES string of the molecule is CC(C)(C)N1C(=O)/C(=C\c2ccc(O)cc2)SC1=S. The van der Waals surface area contributed by atoms with Crippen molar-refractivity contribution in [2.24, 2.45) is 0 Å². The van der Waals surface area contributed by atoms with Crippen molar-refractivity contribution in [1.82, 2.24) is 4.90 Å². The zero-order chi connectivity index (χ0) is 14.2. The highest BCUT2D eigenvalue weighted by Gasteiger charge is 2.38. The van der Waals surface area contributed by atoms with Crippen molar-refractivity contribution < 1.29 is 9.90 Å². The third kappa shape index (κ3) is 2.98. The number of rotatable bonds is 1. The number of amides is 1. The molecule has 3 nitrogen and oxygen atoms in total. The molecule has 1 aliphatic heterocycles. The number of benzene rings is 1. The topological polar surface area (TPSA) is 40.5 Å². The fourth-order valence-electron chi connectivity index (χ4n) is 1.77. The minimum absolute atomic E-state index is 0.0597. The normalized spacial score (nSPS) is 18.5. The summed E-state index contributed by atoms with van der Waals surface area (Å²) in [6, 6.07) is 6.71. The quantitative estimate of drug-likeness (QED) is 0.636. The van der Waals surface area contributed by atoms with Crippen molar-refractivity contribution in [3.05, 3.63) is 34.7 Å². The van der Waals surface area contributed by atoms with E-state index >= 15 is 0 Å². The molecule has 1 heterocycles. The monoisotopic (exact) mass is 293 g/mol. The standard InChI is InChI=1S/C14H15NO2S2/c1-14(2,3)15-12(17)11(19-13(15)18)8-9-4-6-10(16)7-5-9/h4-8,16H,1-3H3/b11-8+. The van der Waals surface area contributed by atoms with Crippen molar-refractivity contribution in [3.63, 3.8) is 0 Å². The van der Waals surface area contributed by atoms with Gasteiger partial charge in [-0.15, -0.1) is 0 Å². The number of aromatic hydroxyl groups is 1. The lowest BCUT2D eigenvalue weighted by Gasteiger charge is -2.30. The fraction of sp³-hybridized carbons (Fsp3) is 0.286. The predicted molar refractivity (Wildman–Crippen MR) is 82.9 cm³/mol. The van der Waals surface area contributed by atoms with Gasteiger partial charge >= 0.3 is 0 Å². The molecule has 1 aromatic carbocycles. The molecule has 1 N–H and O–H groups in total. The minimum atomic E-state index is -0.314. The molecule has 1 amide bonds. The van der Waals surface area contributed by atoms with Gasteiger partial charge in [0.15, 0.2) is 0 Å². The molecule has 0 aliphatic carbocycles. The number of thioether (sulfide) groups is 1. The molecular weight excluding hydrogens is 278 g/mol. The molecular formula is C14H15NO2S2. The van der Waals surface area contributed by atoms with Gasteiger partial charge in [0.1, 0.15) is 10.1 Å². The van der Waals surface area contributed by atoms with Crippen LogP contribution in [-0.2, 0) is 4.79 Å². The second-order valence-electron chi connectivity index (χ2n) is 5.28. The van der Waals surface area contributed by atoms with Crippen LogP contribution in [0.4, 0.5) is 0 Å². The van der Waals surface area contributed by atoms with E-state index in [1.807, 2.05) is 20.8 Å². The molecule has 1 fully saturated rings. The number of phenols is 1. The van der Waals surface area contributed by atoms with Gasteiger partial charge < -0.3 is 5.11 Å². The minimum Gasteiger partial charge on any atom is -0.508 e. The zero-order valence-corrected chi connectivity index (χ0v) is 12.6. The maximum Gasteiger partial charge on any atom is 0.266 e. The summed E-state index contributed by atoms with van der Waals surface area (Å²) >= 11 is 6.58. The number of phenolic OH excluding ortho intramolecular Hbond substituents is 1. The summed E-state index contributed by atoms with van der Waals surface area (Å²) in [6.07, 6.45) is 1.80. The van der Waals surface area contributed by atoms with Gasteiger partial charge in [-0.05, 0) is 44.5 Å². The van der Waals surface area contributed by atoms with E-state index in [9.17, 15) is 9.90 Å². The van der Waals surface area contributed by atoms with E-state index in [-0.39, 0.29) is 17.2 Å². The maximum atomic E-state index is 12.3. The largest absolute Gasteiger partial charge is 0.508 e. The van der Waals surface area contributed by atoms with E-state index in [0.29, 0.717) is 9.23 Å². The highest BCUT2D eigenvalue weighted by atomic mass is 32.2. The molecule has 0 radical (unpaired) electrons. The molecule has 0 unspecified atom stereocenters. The average Bonchev–Trinajstić information content (AvgIpc) is 2.56. The molecule has 0 spiro atoms. The summed E-state index contributed by atoms with van der Waals surface area (Å²) in [5.74, 6) is 0.148. The molecule has 19 heavy (non-hydrogen) atoms. The maximum absolute atomic E-state index is 12.3. The molecule has 0 atom stereocenters. The van der Waals surface area contributed by atoms with Crippen molar-refractivity contribution in [1.29, 1.82) is 0 Å². The number of hydrogen-bond donors (Lipinski definition) is 1. The second-order valence-corrected chi connectivity index (χ2v) is 6.96. The Balaban J connectivity index is 2.31. The van der Waals surface area contributed by atoms with Gasteiger partial charge in [-0.3, -0.25) is 9.69 Å². The summed E-state index contributed by atoms with van der Waals surface area (Å²) in [5, 5.41) is 9.24. The first-order valence-corrected chi connectivity index (χ1v) is 7.08. The second kappa shape index (κ2) is 4.98. The van der Waals surface area contributed by atoms with E-state index < -0.39 is 0 Å². The Hall–Kier alpha value is -1.33. The number of hydrogen-bond acceptors (Lipinski definition) is 4. The Morgan fingerprint density at radius 3 is 2.32 bits per heavy atom. The highest BCUT2D eigenvalue weighted by molar-refractivity contribution is 8.26. The summed E-state index contributed by atoms with van der Waals surface area (Å²) in [6.45, 7) is 5.88. The molecule has 0 saturated carbocycles. The first-order valence-electron chi connectivity index (χ1n) is 5.86. The van der Waals surface area contributed by atoms with Crippen molar-refractivity contribution in [2.45, 2.75) is 26.3 Å². The van der Waals surface area contributed by atoms with Gasteiger partial charge in [0.05, 0.1) is 4.91 Å². The molecule has 1 aliphatic rings. The molecule has 0 aromatic heterocycles. The lowest BCUT2D eigenvalue weighted by Crippen LogP contribution is -2.44. The first kappa shape index (κ1) is 14.1. The van der Waals surface area contributed by atoms with Crippen LogP contribution < -0.4 is 0 Å². The molecule has 2 rings (SSSR count). The molecule has 1 saturated heterocycles. The number of carbonyl (C=O) groups excluding carboxylic acids is 1. The van der Waals surface area contributed by atoms with E-state index in [2.05, 4.69) is 0 Å². The van der Waals surface area contributed by atoms with Crippen LogP contribution in [0.2, 0.25) is 0 Å². The molecule has 100 valence electrons. The van der Waals surface area contributed by atoms with Crippen LogP contribution in [0.25, 0.3) is 6.08 Å². The van der Waals surface area contributed by atoms with Gasteiger partial charge in [-0.1, -0.05) is 36.1 Å². The lowest BCUT2D eigenvalue weighted by atomic mass is 10.1. The van der Waals surface area contributed by atoms with Crippen LogP contribution in [0.15, 0.2) is 29.2 Å². The van der Waals surface area contributed by atoms with Crippen molar-refractivity contribution >= 4 is 40.3 Å². The van der Waals surface area contributed by atoms with E-state index in [1.165, 1.54) is 11.8 Å². The molecule has 1 aromatic rings.